The highest BCUT2D eigenvalue weighted by Crippen LogP contribution is 2.59. The van der Waals surface area contributed by atoms with Crippen LogP contribution in [-0.2, 0) is 0 Å². The first kappa shape index (κ1) is 19.2. The van der Waals surface area contributed by atoms with Crippen LogP contribution in [-0.4, -0.2) is 18.0 Å². The van der Waals surface area contributed by atoms with E-state index in [1.165, 1.54) is 0 Å². The zero-order valence-electron chi connectivity index (χ0n) is 11.9. The average molecular weight is 349 g/mol. The minimum absolute atomic E-state index is 0.129. The van der Waals surface area contributed by atoms with E-state index in [1.807, 2.05) is 6.92 Å². The van der Waals surface area contributed by atoms with Gasteiger partial charge in [-0.1, -0.05) is 25.8 Å². The maximum atomic E-state index is 13.7. The Morgan fingerprint density at radius 2 is 1.59 bits per heavy atom. The van der Waals surface area contributed by atoms with Gasteiger partial charge in [-0.2, -0.15) is 26.3 Å². The molecule has 0 aliphatic heterocycles. The summed E-state index contributed by atoms with van der Waals surface area (Å²) < 4.78 is 92.3. The third-order valence-corrected chi connectivity index (χ3v) is 6.22. The van der Waals surface area contributed by atoms with Gasteiger partial charge in [-0.15, -0.1) is 0 Å². The molecule has 126 valence electrons. The molecule has 0 saturated heterocycles. The van der Waals surface area contributed by atoms with E-state index in [0.717, 1.165) is 18.6 Å². The lowest BCUT2D eigenvalue weighted by Crippen LogP contribution is -2.38. The Morgan fingerprint density at radius 3 is 2.14 bits per heavy atom. The molecule has 1 unspecified atom stereocenters. The molecule has 0 fully saturated rings. The summed E-state index contributed by atoms with van der Waals surface area (Å²) in [6.45, 7) is 1.86. The maximum absolute atomic E-state index is 13.7. The Balaban J connectivity index is 3.14. The Morgan fingerprint density at radius 1 is 0.955 bits per heavy atom. The summed E-state index contributed by atoms with van der Waals surface area (Å²) in [7, 11) is -3.66. The third kappa shape index (κ3) is 4.34. The van der Waals surface area contributed by atoms with Gasteiger partial charge in [0.15, 0.2) is 5.82 Å². The van der Waals surface area contributed by atoms with Gasteiger partial charge < -0.3 is 0 Å². The number of hydrogen-bond acceptors (Lipinski definition) is 0. The van der Waals surface area contributed by atoms with Crippen molar-refractivity contribution in [1.82, 2.24) is 0 Å². The Hall–Kier alpha value is -0.840. The normalized spacial score (nSPS) is 14.2. The number of hydrogen-bond donors (Lipinski definition) is 0. The van der Waals surface area contributed by atoms with E-state index >= 15 is 0 Å². The van der Waals surface area contributed by atoms with Gasteiger partial charge >= 0.3 is 11.8 Å². The van der Waals surface area contributed by atoms with Gasteiger partial charge in [0.25, 0.3) is 0 Å². The smallest absolute Gasteiger partial charge is 0.204 e. The summed E-state index contributed by atoms with van der Waals surface area (Å²) >= 11 is 0. The van der Waals surface area contributed by atoms with Crippen LogP contribution < -0.4 is 5.30 Å². The standard InChI is InChI=1S/C14H16F7P/c1-2-3-4-5-9-22(14(20,21)13(17,18)19)11-8-6-7-10(15)12(11)16/h6-8H,2-5,9H2,1H3/p+1. The molecule has 0 aliphatic carbocycles. The van der Waals surface area contributed by atoms with Crippen LogP contribution >= 0.6 is 7.92 Å². The molecule has 22 heavy (non-hydrogen) atoms. The van der Waals surface area contributed by atoms with Crippen molar-refractivity contribution in [1.29, 1.82) is 0 Å². The van der Waals surface area contributed by atoms with E-state index in [2.05, 4.69) is 0 Å². The molecule has 1 aromatic rings. The highest BCUT2D eigenvalue weighted by atomic mass is 31.1. The largest absolute Gasteiger partial charge is 0.493 e. The Kier molecular flexibility index (Phi) is 6.65. The molecule has 0 amide bonds. The Labute approximate surface area is 125 Å². The molecular weight excluding hydrogens is 332 g/mol. The minimum atomic E-state index is -5.77. The van der Waals surface area contributed by atoms with Crippen LogP contribution in [0.2, 0.25) is 0 Å². The van der Waals surface area contributed by atoms with Gasteiger partial charge in [0.2, 0.25) is 5.82 Å². The summed E-state index contributed by atoms with van der Waals surface area (Å²) in [5, 5.41) is -0.830. The second-order valence-electron chi connectivity index (χ2n) is 4.96. The van der Waals surface area contributed by atoms with Crippen molar-refractivity contribution in [2.75, 3.05) is 6.16 Å². The fourth-order valence-corrected chi connectivity index (χ4v) is 4.65. The third-order valence-electron chi connectivity index (χ3n) is 3.29. The highest BCUT2D eigenvalue weighted by molar-refractivity contribution is 7.66. The predicted octanol–water partition coefficient (Wildman–Crippen LogP) is 5.54. The SMILES string of the molecule is CCCCCC[PH+](c1cccc(F)c1F)C(F)(F)C(F)(F)F. The molecule has 0 heterocycles. The molecule has 0 N–H and O–H groups in total. The molecule has 0 aliphatic rings. The van der Waals surface area contributed by atoms with Crippen LogP contribution in [0.3, 0.4) is 0 Å². The molecule has 0 nitrogen and oxygen atoms in total. The van der Waals surface area contributed by atoms with Crippen molar-refractivity contribution in [2.24, 2.45) is 0 Å². The lowest BCUT2D eigenvalue weighted by Gasteiger charge is -2.23. The second-order valence-corrected chi connectivity index (χ2v) is 7.59. The van der Waals surface area contributed by atoms with Crippen LogP contribution in [0.1, 0.15) is 32.6 Å². The summed E-state index contributed by atoms with van der Waals surface area (Å²) in [6, 6.07) is 2.48. The van der Waals surface area contributed by atoms with Gasteiger partial charge in [0.05, 0.1) is 6.16 Å². The van der Waals surface area contributed by atoms with Gasteiger partial charge in [0.1, 0.15) is 13.2 Å². The molecule has 1 atom stereocenters. The minimum Gasteiger partial charge on any atom is -0.204 e. The number of unbranched alkanes of at least 4 members (excludes halogenated alkanes) is 3. The quantitative estimate of drug-likeness (QED) is 0.344. The number of rotatable bonds is 7. The fourth-order valence-electron chi connectivity index (χ4n) is 2.10. The molecule has 0 spiro atoms. The monoisotopic (exact) mass is 349 g/mol. The number of benzene rings is 1. The first-order chi connectivity index (χ1) is 10.1. The van der Waals surface area contributed by atoms with Gasteiger partial charge in [-0.25, -0.2) is 4.39 Å². The van der Waals surface area contributed by atoms with E-state index in [4.69, 9.17) is 0 Å². The van der Waals surface area contributed by atoms with Crippen LogP contribution in [0, 0.1) is 11.6 Å². The van der Waals surface area contributed by atoms with Crippen LogP contribution in [0.4, 0.5) is 30.7 Å². The van der Waals surface area contributed by atoms with Crippen LogP contribution in [0.5, 0.6) is 0 Å². The van der Waals surface area contributed by atoms with Crippen molar-refractivity contribution in [2.45, 2.75) is 44.4 Å². The van der Waals surface area contributed by atoms with Crippen molar-refractivity contribution in [3.8, 4) is 0 Å². The summed E-state index contributed by atoms with van der Waals surface area (Å²) in [4.78, 5) is 0. The van der Waals surface area contributed by atoms with E-state index in [9.17, 15) is 30.7 Å². The lowest BCUT2D eigenvalue weighted by molar-refractivity contribution is -0.240. The average Bonchev–Trinajstić information content (AvgIpc) is 2.41. The van der Waals surface area contributed by atoms with Crippen molar-refractivity contribution in [3.05, 3.63) is 29.8 Å². The first-order valence-corrected chi connectivity index (χ1v) is 8.58. The second kappa shape index (κ2) is 7.62. The van der Waals surface area contributed by atoms with Crippen molar-refractivity contribution in [3.63, 3.8) is 0 Å². The van der Waals surface area contributed by atoms with E-state index in [0.29, 0.717) is 18.9 Å². The molecule has 8 heteroatoms. The summed E-state index contributed by atoms with van der Waals surface area (Å²) in [5.41, 5.74) is -5.02. The lowest BCUT2D eigenvalue weighted by atomic mass is 10.2. The van der Waals surface area contributed by atoms with Crippen molar-refractivity contribution >= 4 is 13.2 Å². The summed E-state index contributed by atoms with van der Waals surface area (Å²) in [6.07, 6.45) is -4.15. The Bertz CT molecular complexity index is 485. The molecule has 1 rings (SSSR count). The van der Waals surface area contributed by atoms with E-state index < -0.39 is 42.9 Å². The summed E-state index contributed by atoms with van der Waals surface area (Å²) in [5.74, 6) is -3.01. The molecule has 0 saturated carbocycles. The van der Waals surface area contributed by atoms with Crippen LogP contribution in [0.25, 0.3) is 0 Å². The number of alkyl halides is 5. The molecular formula is C14H17F7P+. The molecule has 1 aromatic carbocycles. The predicted molar refractivity (Wildman–Crippen MR) is 74.3 cm³/mol. The topological polar surface area (TPSA) is 0 Å². The fraction of sp³-hybridized carbons (Fsp3) is 0.571. The van der Waals surface area contributed by atoms with Gasteiger partial charge in [0, 0.05) is 0 Å². The molecule has 0 radical (unpaired) electrons. The highest BCUT2D eigenvalue weighted by Gasteiger charge is 2.69. The number of halogens is 7. The maximum Gasteiger partial charge on any atom is 0.493 e. The zero-order chi connectivity index (χ0) is 17.0. The van der Waals surface area contributed by atoms with E-state index in [-0.39, 0.29) is 6.42 Å². The van der Waals surface area contributed by atoms with Crippen molar-refractivity contribution < 1.29 is 30.7 Å². The zero-order valence-corrected chi connectivity index (χ0v) is 12.9. The van der Waals surface area contributed by atoms with Crippen LogP contribution in [0.15, 0.2) is 18.2 Å². The molecule has 0 aromatic heterocycles. The molecule has 0 bridgehead atoms. The van der Waals surface area contributed by atoms with Gasteiger partial charge in [-0.05, 0) is 25.0 Å². The van der Waals surface area contributed by atoms with Gasteiger partial charge in [-0.3, -0.25) is 0 Å². The van der Waals surface area contributed by atoms with E-state index in [1.54, 1.807) is 0 Å². The first-order valence-electron chi connectivity index (χ1n) is 6.88.